The number of epoxide rings is 1. The van der Waals surface area contributed by atoms with Gasteiger partial charge >= 0.3 is 5.97 Å². The van der Waals surface area contributed by atoms with E-state index in [0.717, 1.165) is 38.7 Å². The Hall–Kier alpha value is -0.870. The summed E-state index contributed by atoms with van der Waals surface area (Å²) in [5, 5.41) is 0. The molecule has 0 spiro atoms. The predicted octanol–water partition coefficient (Wildman–Crippen LogP) is 3.78. The van der Waals surface area contributed by atoms with Crippen molar-refractivity contribution in [3.8, 4) is 0 Å². The molecule has 1 heterocycles. The quantitative estimate of drug-likeness (QED) is 0.432. The molecule has 4 nitrogen and oxygen atoms in total. The van der Waals surface area contributed by atoms with E-state index in [-0.39, 0.29) is 17.2 Å². The van der Waals surface area contributed by atoms with Gasteiger partial charge in [-0.15, -0.1) is 0 Å². The maximum atomic E-state index is 12.2. The fraction of sp³-hybridized carbons (Fsp3) is 0.857. The van der Waals surface area contributed by atoms with Crippen LogP contribution in [0.2, 0.25) is 0 Å². The molecule has 1 saturated heterocycles. The third-order valence-corrected chi connectivity index (χ3v) is 7.35. The zero-order valence-corrected chi connectivity index (χ0v) is 15.3. The summed E-state index contributed by atoms with van der Waals surface area (Å²) in [7, 11) is 0. The molecule has 5 unspecified atom stereocenters. The Labute approximate surface area is 150 Å². The van der Waals surface area contributed by atoms with E-state index >= 15 is 0 Å². The van der Waals surface area contributed by atoms with Crippen LogP contribution in [0, 0.1) is 17.8 Å². The van der Waals surface area contributed by atoms with Crippen LogP contribution < -0.4 is 0 Å². The molecule has 0 aromatic heterocycles. The fourth-order valence-corrected chi connectivity index (χ4v) is 6.60. The molecule has 5 saturated carbocycles. The van der Waals surface area contributed by atoms with E-state index in [4.69, 9.17) is 14.2 Å². The summed E-state index contributed by atoms with van der Waals surface area (Å²) < 4.78 is 18.3. The number of hydrogen-bond acceptors (Lipinski definition) is 4. The molecule has 5 aliphatic carbocycles. The van der Waals surface area contributed by atoms with Crippen LogP contribution >= 0.6 is 0 Å². The van der Waals surface area contributed by atoms with Crippen molar-refractivity contribution in [3.05, 3.63) is 12.2 Å². The topological polar surface area (TPSA) is 48.1 Å². The average molecular weight is 346 g/mol. The second-order valence-electron chi connectivity index (χ2n) is 9.70. The van der Waals surface area contributed by atoms with Crippen LogP contribution in [0.4, 0.5) is 0 Å². The maximum Gasteiger partial charge on any atom is 0.333 e. The highest BCUT2D eigenvalue weighted by molar-refractivity contribution is 5.87. The number of hydrogen-bond donors (Lipinski definition) is 0. The second kappa shape index (κ2) is 5.56. The molecule has 0 aromatic carbocycles. The molecule has 6 rings (SSSR count). The first-order valence-electron chi connectivity index (χ1n) is 10.1. The van der Waals surface area contributed by atoms with Crippen LogP contribution in [0.3, 0.4) is 0 Å². The highest BCUT2D eigenvalue weighted by atomic mass is 16.6. The Balaban J connectivity index is 1.28. The third kappa shape index (κ3) is 2.95. The Morgan fingerprint density at radius 1 is 1.08 bits per heavy atom. The minimum Gasteiger partial charge on any atom is -0.456 e. The van der Waals surface area contributed by atoms with Gasteiger partial charge < -0.3 is 14.2 Å². The van der Waals surface area contributed by atoms with E-state index < -0.39 is 0 Å². The molecule has 25 heavy (non-hydrogen) atoms. The van der Waals surface area contributed by atoms with Crippen LogP contribution in [0.15, 0.2) is 12.2 Å². The Morgan fingerprint density at radius 2 is 1.80 bits per heavy atom. The predicted molar refractivity (Wildman–Crippen MR) is 93.0 cm³/mol. The lowest BCUT2D eigenvalue weighted by molar-refractivity contribution is -0.235. The van der Waals surface area contributed by atoms with Crippen molar-refractivity contribution in [2.45, 2.75) is 88.1 Å². The van der Waals surface area contributed by atoms with E-state index in [1.165, 1.54) is 25.7 Å². The summed E-state index contributed by atoms with van der Waals surface area (Å²) in [5.41, 5.74) is 0.157. The minimum absolute atomic E-state index is 0.0549. The van der Waals surface area contributed by atoms with Crippen LogP contribution in [-0.4, -0.2) is 36.0 Å². The fourth-order valence-electron chi connectivity index (χ4n) is 6.60. The Bertz CT molecular complexity index is 583. The molecule has 138 valence electrons. The number of fused-ring (bicyclic) bond motifs is 1. The van der Waals surface area contributed by atoms with Gasteiger partial charge in [0, 0.05) is 12.0 Å². The largest absolute Gasteiger partial charge is 0.456 e. The molecular weight excluding hydrogens is 316 g/mol. The molecular formula is C21H30O4. The molecule has 0 amide bonds. The number of carbonyl (C=O) groups excluding carboxylic acids is 1. The summed E-state index contributed by atoms with van der Waals surface area (Å²) >= 11 is 0. The van der Waals surface area contributed by atoms with Gasteiger partial charge in [0.15, 0.2) is 0 Å². The van der Waals surface area contributed by atoms with Crippen molar-refractivity contribution >= 4 is 5.97 Å². The van der Waals surface area contributed by atoms with Crippen molar-refractivity contribution in [1.82, 2.24) is 0 Å². The van der Waals surface area contributed by atoms with Gasteiger partial charge in [-0.2, -0.15) is 0 Å². The number of esters is 1. The number of carbonyl (C=O) groups is 1. The molecule has 1 aliphatic heterocycles. The molecule has 6 fully saturated rings. The first-order valence-corrected chi connectivity index (χ1v) is 10.1. The van der Waals surface area contributed by atoms with Crippen molar-refractivity contribution in [2.24, 2.45) is 17.8 Å². The van der Waals surface area contributed by atoms with Gasteiger partial charge in [-0.25, -0.2) is 4.79 Å². The molecule has 4 heteroatoms. The normalized spacial score (nSPS) is 49.6. The van der Waals surface area contributed by atoms with Gasteiger partial charge in [0.1, 0.15) is 5.60 Å². The van der Waals surface area contributed by atoms with Crippen LogP contribution in [0.25, 0.3) is 0 Å². The van der Waals surface area contributed by atoms with E-state index in [0.29, 0.717) is 35.5 Å². The van der Waals surface area contributed by atoms with Crippen molar-refractivity contribution in [3.63, 3.8) is 0 Å². The van der Waals surface area contributed by atoms with Gasteiger partial charge in [0.05, 0.1) is 24.4 Å². The molecule has 4 bridgehead atoms. The lowest BCUT2D eigenvalue weighted by Gasteiger charge is -2.60. The number of rotatable bonds is 5. The Kier molecular flexibility index (Phi) is 3.63. The molecule has 0 N–H and O–H groups in total. The highest BCUT2D eigenvalue weighted by Crippen LogP contribution is 2.60. The van der Waals surface area contributed by atoms with E-state index in [1.807, 2.05) is 0 Å². The summed E-state index contributed by atoms with van der Waals surface area (Å²) in [6.07, 6.45) is 11.2. The van der Waals surface area contributed by atoms with Crippen molar-refractivity contribution < 1.29 is 19.0 Å². The van der Waals surface area contributed by atoms with Gasteiger partial charge in [-0.3, -0.25) is 0 Å². The minimum atomic E-state index is -0.294. The van der Waals surface area contributed by atoms with Crippen molar-refractivity contribution in [2.75, 3.05) is 6.61 Å². The lowest BCUT2D eigenvalue weighted by atomic mass is 9.52. The molecule has 5 atom stereocenters. The smallest absolute Gasteiger partial charge is 0.333 e. The summed E-state index contributed by atoms with van der Waals surface area (Å²) in [4.78, 5) is 12.2. The summed E-state index contributed by atoms with van der Waals surface area (Å²) in [6, 6.07) is 0. The zero-order chi connectivity index (χ0) is 17.2. The second-order valence-corrected chi connectivity index (χ2v) is 9.70. The zero-order valence-electron chi connectivity index (χ0n) is 15.3. The molecule has 0 radical (unpaired) electrons. The molecule has 0 aromatic rings. The summed E-state index contributed by atoms with van der Waals surface area (Å²) in [6.45, 7) is 6.36. The van der Waals surface area contributed by atoms with E-state index in [9.17, 15) is 4.79 Å². The SMILES string of the molecule is C=C(C)C(=O)OC12CC3CC(CC(OCC4CCC5OC5C4)(C3)C1)C2. The van der Waals surface area contributed by atoms with Gasteiger partial charge in [0.2, 0.25) is 0 Å². The Morgan fingerprint density at radius 3 is 2.48 bits per heavy atom. The van der Waals surface area contributed by atoms with Crippen molar-refractivity contribution in [1.29, 1.82) is 0 Å². The summed E-state index contributed by atoms with van der Waals surface area (Å²) in [5.74, 6) is 1.73. The maximum absolute atomic E-state index is 12.2. The van der Waals surface area contributed by atoms with E-state index in [2.05, 4.69) is 6.58 Å². The highest BCUT2D eigenvalue weighted by Gasteiger charge is 2.60. The monoisotopic (exact) mass is 346 g/mol. The first-order chi connectivity index (χ1) is 11.9. The van der Waals surface area contributed by atoms with Crippen LogP contribution in [0.5, 0.6) is 0 Å². The van der Waals surface area contributed by atoms with Crippen LogP contribution in [-0.2, 0) is 19.0 Å². The standard InChI is InChI=1S/C21H30O4/c1-13(2)19(22)25-21-9-15-5-16(10-21)8-20(7-15,12-21)23-11-14-3-4-17-18(6-14)24-17/h14-18H,1,3-12H2,2H3. The number of ether oxygens (including phenoxy) is 3. The first kappa shape index (κ1) is 16.3. The average Bonchev–Trinajstić information content (AvgIpc) is 3.30. The third-order valence-electron chi connectivity index (χ3n) is 7.35. The van der Waals surface area contributed by atoms with Gasteiger partial charge in [-0.1, -0.05) is 6.58 Å². The van der Waals surface area contributed by atoms with Gasteiger partial charge in [0.25, 0.3) is 0 Å². The molecule has 6 aliphatic rings. The lowest BCUT2D eigenvalue weighted by Crippen LogP contribution is -2.61. The van der Waals surface area contributed by atoms with E-state index in [1.54, 1.807) is 6.92 Å². The van der Waals surface area contributed by atoms with Gasteiger partial charge in [-0.05, 0) is 76.0 Å². The van der Waals surface area contributed by atoms with Crippen LogP contribution in [0.1, 0.15) is 64.7 Å².